The molecule has 1 saturated carbocycles. The van der Waals surface area contributed by atoms with Crippen LogP contribution in [0.25, 0.3) is 0 Å². The van der Waals surface area contributed by atoms with Gasteiger partial charge in [0.05, 0.1) is 6.54 Å². The molecule has 4 N–H and O–H groups in total. The second kappa shape index (κ2) is 30.0. The molecule has 83 heavy (non-hydrogen) atoms. The van der Waals surface area contributed by atoms with Crippen molar-refractivity contribution < 1.29 is 61.4 Å². The fraction of sp³-hybridized carbons (Fsp3) is 0.500. The lowest BCUT2D eigenvalue weighted by Crippen LogP contribution is -2.53. The first-order chi connectivity index (χ1) is 39.4. The number of ether oxygens (including phenoxy) is 1. The van der Waals surface area contributed by atoms with Crippen LogP contribution in [0, 0.1) is 11.8 Å². The summed E-state index contributed by atoms with van der Waals surface area (Å²) >= 11 is 1.66. The van der Waals surface area contributed by atoms with Crippen molar-refractivity contribution in [1.29, 1.82) is 0 Å². The van der Waals surface area contributed by atoms with Crippen molar-refractivity contribution in [2.75, 3.05) is 47.6 Å². The summed E-state index contributed by atoms with van der Waals surface area (Å²) in [5.41, 5.74) is 5.08. The normalized spacial score (nSPS) is 17.3. The molecule has 1 aliphatic carbocycles. The molecule has 3 aliphatic heterocycles. The number of imide groups is 1. The number of aliphatic carboxylic acids is 1. The van der Waals surface area contributed by atoms with Crippen molar-refractivity contribution in [2.24, 2.45) is 18.9 Å². The Morgan fingerprint density at radius 1 is 0.867 bits per heavy atom. The molecule has 0 spiro atoms. The van der Waals surface area contributed by atoms with Crippen LogP contribution in [0.4, 0.5) is 35.3 Å². The number of likely N-dealkylation sites (tertiary alicyclic amines) is 1. The fourth-order valence-corrected chi connectivity index (χ4v) is 10.5. The van der Waals surface area contributed by atoms with Crippen molar-refractivity contribution in [2.45, 2.75) is 141 Å². The Hall–Kier alpha value is -7.67. The number of carbonyl (C=O) groups is 8. The van der Waals surface area contributed by atoms with E-state index in [4.69, 9.17) is 19.6 Å². The first-order valence-corrected chi connectivity index (χ1v) is 29.0. The summed E-state index contributed by atoms with van der Waals surface area (Å²) in [7, 11) is 1.88. The van der Waals surface area contributed by atoms with Gasteiger partial charge in [0, 0.05) is 61.4 Å². The van der Waals surface area contributed by atoms with Gasteiger partial charge >= 0.3 is 18.2 Å². The van der Waals surface area contributed by atoms with E-state index in [9.17, 15) is 46.7 Å². The molecule has 5 heterocycles. The third kappa shape index (κ3) is 18.4. The zero-order chi connectivity index (χ0) is 60.5. The number of alkyl halides is 3. The lowest BCUT2D eigenvalue weighted by Gasteiger charge is -2.34. The van der Waals surface area contributed by atoms with Gasteiger partial charge in [-0.1, -0.05) is 45.7 Å². The van der Waals surface area contributed by atoms with Crippen LogP contribution in [0.2, 0.25) is 0 Å². The van der Waals surface area contributed by atoms with Crippen molar-refractivity contribution in [3.63, 3.8) is 0 Å². The van der Waals surface area contributed by atoms with Crippen LogP contribution >= 0.6 is 11.8 Å². The van der Waals surface area contributed by atoms with Gasteiger partial charge in [-0.2, -0.15) is 13.2 Å². The Morgan fingerprint density at radius 2 is 1.52 bits per heavy atom. The van der Waals surface area contributed by atoms with Gasteiger partial charge in [-0.3, -0.25) is 48.4 Å². The number of carbonyl (C=O) groups excluding carboxylic acids is 7. The maximum atomic E-state index is 14.3. The number of fused-ring (bicyclic) bond motifs is 1. The van der Waals surface area contributed by atoms with E-state index < -0.39 is 42.1 Å². The number of rotatable bonds is 21. The number of aryl methyl sites for hydroxylation is 1. The molecule has 0 bridgehead atoms. The highest BCUT2D eigenvalue weighted by Gasteiger charge is 2.39. The molecule has 7 amide bonds. The van der Waals surface area contributed by atoms with Crippen LogP contribution in [0.15, 0.2) is 78.2 Å². The summed E-state index contributed by atoms with van der Waals surface area (Å²) in [5, 5.41) is 22.5. The number of amides is 7. The number of thioether (sulfide) groups is 1. The number of hydrogen-bond acceptors (Lipinski definition) is 14. The van der Waals surface area contributed by atoms with E-state index in [2.05, 4.69) is 56.4 Å². The van der Waals surface area contributed by atoms with E-state index in [1.165, 1.54) is 41.2 Å². The molecule has 8 rings (SSSR count). The standard InChI is InChI=1S/C53H68N8O8S.C3H5N3.C2HF3O2/c1-7-59(44-28-39(38-24-34(4)25-38)29-45(56-44)61-31-42-41(52(61)67)26-37(27-43(42)70-6)30-58-21-11-9-12-22-58)53(68)69-32-36-15-17-40(18-16-36)55-50(65)35(5)54-51(66)49(33(2)3)57-46(62)14-10-8-13-23-60-47(63)19-20-48(60)64;1-6-2-4-5-3-6;3-2(4,5)1(6)7/h15-20,26-29,33-35,38,49H,7-14,21-25,30-32H2,1-6H3,(H,54,66)(H,55,65)(H,57,62);2-3H,1H3;(H,6,7). The largest absolute Gasteiger partial charge is 0.490 e. The Morgan fingerprint density at radius 3 is 2.08 bits per heavy atom. The number of halogens is 3. The highest BCUT2D eigenvalue weighted by atomic mass is 32.2. The Balaban J connectivity index is 0.000000755. The first kappa shape index (κ1) is 64.5. The number of aromatic nitrogens is 4. The molecular weight excluding hydrogens is 1100 g/mol. The highest BCUT2D eigenvalue weighted by Crippen LogP contribution is 2.44. The Bertz CT molecular complexity index is 2950. The van der Waals surface area contributed by atoms with Crippen molar-refractivity contribution in [3.8, 4) is 0 Å². The molecule has 2 fully saturated rings. The maximum absolute atomic E-state index is 14.3. The molecule has 2 unspecified atom stereocenters. The molecule has 4 aromatic rings. The summed E-state index contributed by atoms with van der Waals surface area (Å²) in [6, 6.07) is 13.3. The van der Waals surface area contributed by atoms with E-state index in [-0.39, 0.29) is 55.7 Å². The molecule has 2 aromatic carbocycles. The molecule has 0 radical (unpaired) electrons. The van der Waals surface area contributed by atoms with Gasteiger partial charge < -0.3 is 30.4 Å². The summed E-state index contributed by atoms with van der Waals surface area (Å²) in [4.78, 5) is 113. The summed E-state index contributed by atoms with van der Waals surface area (Å²) in [6.45, 7) is 13.2. The third-order valence-electron chi connectivity index (χ3n) is 14.5. The zero-order valence-corrected chi connectivity index (χ0v) is 48.7. The average Bonchev–Trinajstić information content (AvgIpc) is 3.56. The summed E-state index contributed by atoms with van der Waals surface area (Å²) < 4.78 is 39.3. The molecule has 25 heteroatoms. The Labute approximate surface area is 485 Å². The number of unbranched alkanes of at least 4 members (excludes halogenated alkanes) is 2. The van der Waals surface area contributed by atoms with Crippen molar-refractivity contribution in [3.05, 3.63) is 101 Å². The smallest absolute Gasteiger partial charge is 0.475 e. The maximum Gasteiger partial charge on any atom is 0.490 e. The van der Waals surface area contributed by atoms with Crippen LogP contribution < -0.4 is 25.8 Å². The van der Waals surface area contributed by atoms with Crippen LogP contribution in [-0.4, -0.2) is 133 Å². The third-order valence-corrected chi connectivity index (χ3v) is 15.3. The van der Waals surface area contributed by atoms with Crippen LogP contribution in [0.5, 0.6) is 0 Å². The average molecular weight is 1170 g/mol. The number of benzene rings is 2. The van der Waals surface area contributed by atoms with Gasteiger partial charge in [0.15, 0.2) is 0 Å². The van der Waals surface area contributed by atoms with Gasteiger partial charge in [-0.15, -0.1) is 22.0 Å². The zero-order valence-electron chi connectivity index (χ0n) is 47.9. The van der Waals surface area contributed by atoms with E-state index in [0.29, 0.717) is 60.5 Å². The lowest BCUT2D eigenvalue weighted by molar-refractivity contribution is -0.192. The molecule has 1 saturated heterocycles. The number of piperidine rings is 1. The van der Waals surface area contributed by atoms with E-state index in [1.807, 2.05) is 26.1 Å². The number of carboxylic acid groups (broad SMARTS) is 1. The van der Waals surface area contributed by atoms with Crippen LogP contribution in [0.1, 0.15) is 131 Å². The summed E-state index contributed by atoms with van der Waals surface area (Å²) in [5.74, 6) is -3.18. The number of carboxylic acids is 1. The molecule has 448 valence electrons. The molecule has 4 aliphatic rings. The fourth-order valence-electron chi connectivity index (χ4n) is 9.80. The summed E-state index contributed by atoms with van der Waals surface area (Å²) in [6.07, 6.45) is 9.73. The van der Waals surface area contributed by atoms with Crippen molar-refractivity contribution in [1.82, 2.24) is 40.2 Å². The van der Waals surface area contributed by atoms with E-state index in [0.717, 1.165) is 59.6 Å². The topological polar surface area (TPSA) is 259 Å². The number of hydrogen-bond donors (Lipinski definition) is 4. The molecule has 2 atom stereocenters. The predicted molar refractivity (Wildman–Crippen MR) is 305 cm³/mol. The van der Waals surface area contributed by atoms with Crippen LogP contribution in [-0.2, 0) is 60.2 Å². The Kier molecular flexibility index (Phi) is 23.4. The first-order valence-electron chi connectivity index (χ1n) is 27.8. The number of pyridine rings is 1. The quantitative estimate of drug-likeness (QED) is 0.0349. The second-order valence-electron chi connectivity index (χ2n) is 21.3. The number of nitrogens with one attached hydrogen (secondary N) is 3. The van der Waals surface area contributed by atoms with Gasteiger partial charge in [0.1, 0.15) is 43.0 Å². The monoisotopic (exact) mass is 1170 g/mol. The van der Waals surface area contributed by atoms with E-state index in [1.54, 1.807) is 78.9 Å². The SMILES string of the molecule is CCN(C(=O)OCc1ccc(NC(=O)C(C)NC(=O)C(NC(=O)CCCCCN2C(=O)C=CC2=O)C(C)C)cc1)c1cc(C2CC(C)C2)cc(N2Cc3c(SC)cc(CN4CCCCC4)cc3C2=O)n1.Cn1cnnc1.O=C(O)C(F)(F)F. The lowest BCUT2D eigenvalue weighted by atomic mass is 9.72. The molecular formula is C58H74F3N11O10S. The molecule has 21 nitrogen and oxygen atoms in total. The highest BCUT2D eigenvalue weighted by molar-refractivity contribution is 7.98. The van der Waals surface area contributed by atoms with Gasteiger partial charge in [0.25, 0.3) is 17.7 Å². The van der Waals surface area contributed by atoms with Gasteiger partial charge in [-0.25, -0.2) is 14.6 Å². The van der Waals surface area contributed by atoms with E-state index >= 15 is 0 Å². The number of nitrogens with zero attached hydrogens (tertiary/aromatic N) is 8. The van der Waals surface area contributed by atoms with Crippen LogP contribution in [0.3, 0.4) is 0 Å². The predicted octanol–water partition coefficient (Wildman–Crippen LogP) is 8.14. The van der Waals surface area contributed by atoms with Gasteiger partial charge in [-0.05, 0) is 148 Å². The minimum atomic E-state index is -5.08. The van der Waals surface area contributed by atoms with Crippen molar-refractivity contribution >= 4 is 76.6 Å². The number of anilines is 3. The minimum Gasteiger partial charge on any atom is -0.475 e. The minimum absolute atomic E-state index is 0.0412. The second-order valence-corrected chi connectivity index (χ2v) is 22.2. The molecule has 2 aromatic heterocycles. The van der Waals surface area contributed by atoms with Gasteiger partial charge in [0.2, 0.25) is 17.7 Å².